The Morgan fingerprint density at radius 1 is 1.09 bits per heavy atom. The summed E-state index contributed by atoms with van der Waals surface area (Å²) in [6.45, 7) is 0. The number of nitrogens with zero attached hydrogens (tertiary/aromatic N) is 1. The number of H-pyrrole nitrogens is 1. The third-order valence-corrected chi connectivity index (χ3v) is 3.49. The SMILES string of the molecule is O=C(c1ccc(F)cc1Cl)c1cn(-c2ccccc2)[nH]c1=O. The monoisotopic (exact) mass is 316 g/mol. The lowest BCUT2D eigenvalue weighted by Gasteiger charge is -2.01. The van der Waals surface area contributed by atoms with Gasteiger partial charge in [0.05, 0.1) is 10.7 Å². The quantitative estimate of drug-likeness (QED) is 0.754. The molecule has 0 unspecified atom stereocenters. The minimum absolute atomic E-state index is 0.0307. The van der Waals surface area contributed by atoms with Crippen molar-refractivity contribution in [1.29, 1.82) is 0 Å². The molecule has 0 spiro atoms. The Morgan fingerprint density at radius 3 is 2.50 bits per heavy atom. The van der Waals surface area contributed by atoms with Crippen LogP contribution in [0.5, 0.6) is 0 Å². The Kier molecular flexibility index (Phi) is 3.65. The molecular weight excluding hydrogens is 307 g/mol. The Labute approximate surface area is 129 Å². The van der Waals surface area contributed by atoms with E-state index in [4.69, 9.17) is 11.6 Å². The molecule has 0 saturated carbocycles. The number of rotatable bonds is 3. The average Bonchev–Trinajstić information content (AvgIpc) is 2.89. The molecule has 4 nitrogen and oxygen atoms in total. The number of ketones is 1. The minimum Gasteiger partial charge on any atom is -0.288 e. The van der Waals surface area contributed by atoms with Gasteiger partial charge in [-0.05, 0) is 30.3 Å². The zero-order valence-corrected chi connectivity index (χ0v) is 12.0. The zero-order chi connectivity index (χ0) is 15.7. The van der Waals surface area contributed by atoms with Gasteiger partial charge >= 0.3 is 0 Å². The molecule has 3 rings (SSSR count). The van der Waals surface area contributed by atoms with Gasteiger partial charge in [-0.25, -0.2) is 4.39 Å². The highest BCUT2D eigenvalue weighted by atomic mass is 35.5. The van der Waals surface area contributed by atoms with Crippen LogP contribution in [0.25, 0.3) is 5.69 Å². The molecule has 110 valence electrons. The highest BCUT2D eigenvalue weighted by molar-refractivity contribution is 6.34. The van der Waals surface area contributed by atoms with Gasteiger partial charge in [0, 0.05) is 11.8 Å². The van der Waals surface area contributed by atoms with Crippen molar-refractivity contribution in [3.8, 4) is 5.69 Å². The van der Waals surface area contributed by atoms with Crippen molar-refractivity contribution in [2.45, 2.75) is 0 Å². The first-order valence-electron chi connectivity index (χ1n) is 6.43. The second-order valence-corrected chi connectivity index (χ2v) is 5.05. The van der Waals surface area contributed by atoms with E-state index in [0.29, 0.717) is 5.69 Å². The smallest absolute Gasteiger partial charge is 0.275 e. The maximum absolute atomic E-state index is 13.1. The van der Waals surface area contributed by atoms with E-state index in [0.717, 1.165) is 12.1 Å². The summed E-state index contributed by atoms with van der Waals surface area (Å²) in [5, 5.41) is 2.53. The van der Waals surface area contributed by atoms with Gasteiger partial charge in [-0.2, -0.15) is 0 Å². The van der Waals surface area contributed by atoms with Crippen LogP contribution < -0.4 is 5.56 Å². The fraction of sp³-hybridized carbons (Fsp3) is 0. The van der Waals surface area contributed by atoms with Gasteiger partial charge in [0.2, 0.25) is 5.78 Å². The minimum atomic E-state index is -0.555. The molecule has 1 aromatic heterocycles. The maximum Gasteiger partial charge on any atom is 0.275 e. The molecule has 22 heavy (non-hydrogen) atoms. The van der Waals surface area contributed by atoms with Crippen molar-refractivity contribution in [3.63, 3.8) is 0 Å². The second kappa shape index (κ2) is 5.61. The predicted molar refractivity (Wildman–Crippen MR) is 81.2 cm³/mol. The summed E-state index contributed by atoms with van der Waals surface area (Å²) in [6, 6.07) is 12.5. The fourth-order valence-corrected chi connectivity index (χ4v) is 2.35. The van der Waals surface area contributed by atoms with Crippen LogP contribution in [0.2, 0.25) is 5.02 Å². The van der Waals surface area contributed by atoms with Crippen molar-refractivity contribution in [2.24, 2.45) is 0 Å². The number of benzene rings is 2. The van der Waals surface area contributed by atoms with Gasteiger partial charge in [-0.3, -0.25) is 19.4 Å². The summed E-state index contributed by atoms with van der Waals surface area (Å²) < 4.78 is 14.5. The summed E-state index contributed by atoms with van der Waals surface area (Å²) in [4.78, 5) is 24.4. The summed E-state index contributed by atoms with van der Waals surface area (Å²) in [6.07, 6.45) is 1.40. The molecule has 0 fully saturated rings. The highest BCUT2D eigenvalue weighted by Crippen LogP contribution is 2.20. The number of hydrogen-bond donors (Lipinski definition) is 1. The normalized spacial score (nSPS) is 10.6. The van der Waals surface area contributed by atoms with E-state index >= 15 is 0 Å². The van der Waals surface area contributed by atoms with E-state index < -0.39 is 17.2 Å². The molecular formula is C16H10ClFN2O2. The number of aromatic amines is 1. The zero-order valence-electron chi connectivity index (χ0n) is 11.2. The first-order valence-corrected chi connectivity index (χ1v) is 6.81. The number of para-hydroxylation sites is 1. The van der Waals surface area contributed by atoms with Gasteiger partial charge in [0.1, 0.15) is 11.4 Å². The second-order valence-electron chi connectivity index (χ2n) is 4.64. The molecule has 3 aromatic rings. The number of carbonyl (C=O) groups excluding carboxylic acids is 1. The van der Waals surface area contributed by atoms with E-state index in [1.807, 2.05) is 18.2 Å². The molecule has 0 aliphatic rings. The van der Waals surface area contributed by atoms with Crippen LogP contribution in [0, 0.1) is 5.82 Å². The topological polar surface area (TPSA) is 54.9 Å². The third-order valence-electron chi connectivity index (χ3n) is 3.18. The van der Waals surface area contributed by atoms with Gasteiger partial charge in [-0.1, -0.05) is 29.8 Å². The molecule has 0 atom stereocenters. The molecule has 1 heterocycles. The number of aromatic nitrogens is 2. The first-order chi connectivity index (χ1) is 10.6. The molecule has 0 aliphatic carbocycles. The van der Waals surface area contributed by atoms with Gasteiger partial charge < -0.3 is 0 Å². The molecule has 0 aliphatic heterocycles. The number of nitrogens with one attached hydrogen (secondary N) is 1. The van der Waals surface area contributed by atoms with Crippen LogP contribution in [0.3, 0.4) is 0 Å². The number of carbonyl (C=O) groups is 1. The van der Waals surface area contributed by atoms with E-state index in [1.165, 1.54) is 16.9 Å². The van der Waals surface area contributed by atoms with Gasteiger partial charge in [0.15, 0.2) is 0 Å². The molecule has 6 heteroatoms. The maximum atomic E-state index is 13.1. The molecule has 0 saturated heterocycles. The van der Waals surface area contributed by atoms with E-state index in [9.17, 15) is 14.0 Å². The van der Waals surface area contributed by atoms with Crippen LogP contribution in [0.15, 0.2) is 59.5 Å². The Morgan fingerprint density at radius 2 is 1.82 bits per heavy atom. The Balaban J connectivity index is 2.04. The summed E-state index contributed by atoms with van der Waals surface area (Å²) in [7, 11) is 0. The highest BCUT2D eigenvalue weighted by Gasteiger charge is 2.18. The van der Waals surface area contributed by atoms with Crippen molar-refractivity contribution < 1.29 is 9.18 Å². The van der Waals surface area contributed by atoms with Crippen LogP contribution in [0.4, 0.5) is 4.39 Å². The van der Waals surface area contributed by atoms with Crippen molar-refractivity contribution in [3.05, 3.63) is 87.0 Å². The fourth-order valence-electron chi connectivity index (χ4n) is 2.10. The van der Waals surface area contributed by atoms with Gasteiger partial charge in [-0.15, -0.1) is 0 Å². The van der Waals surface area contributed by atoms with E-state index in [2.05, 4.69) is 5.10 Å². The predicted octanol–water partition coefficient (Wildman–Crippen LogP) is 3.19. The standard InChI is InChI=1S/C16H10ClFN2O2/c17-14-8-10(18)6-7-12(14)15(21)13-9-20(19-16(13)22)11-4-2-1-3-5-11/h1-9H,(H,19,22). The summed E-state index contributed by atoms with van der Waals surface area (Å²) in [5.41, 5.74) is 0.204. The molecule has 0 radical (unpaired) electrons. The van der Waals surface area contributed by atoms with Crippen LogP contribution in [-0.2, 0) is 0 Å². The van der Waals surface area contributed by atoms with Crippen LogP contribution >= 0.6 is 11.6 Å². The Hall–Kier alpha value is -2.66. The largest absolute Gasteiger partial charge is 0.288 e. The lowest BCUT2D eigenvalue weighted by Crippen LogP contribution is -2.13. The average molecular weight is 317 g/mol. The number of hydrogen-bond acceptors (Lipinski definition) is 2. The first kappa shape index (κ1) is 14.3. The van der Waals surface area contributed by atoms with E-state index in [1.54, 1.807) is 12.1 Å². The number of halogens is 2. The molecule has 1 N–H and O–H groups in total. The molecule has 0 amide bonds. The van der Waals surface area contributed by atoms with E-state index in [-0.39, 0.29) is 16.1 Å². The van der Waals surface area contributed by atoms with Crippen molar-refractivity contribution in [2.75, 3.05) is 0 Å². The summed E-state index contributed by atoms with van der Waals surface area (Å²) in [5.74, 6) is -1.10. The Bertz CT molecular complexity index is 900. The summed E-state index contributed by atoms with van der Waals surface area (Å²) >= 11 is 5.87. The molecule has 2 aromatic carbocycles. The lowest BCUT2D eigenvalue weighted by molar-refractivity contribution is 0.103. The lowest BCUT2D eigenvalue weighted by atomic mass is 10.1. The van der Waals surface area contributed by atoms with Crippen molar-refractivity contribution >= 4 is 17.4 Å². The van der Waals surface area contributed by atoms with Crippen LogP contribution in [0.1, 0.15) is 15.9 Å². The molecule has 0 bridgehead atoms. The van der Waals surface area contributed by atoms with Crippen LogP contribution in [-0.4, -0.2) is 15.6 Å². The van der Waals surface area contributed by atoms with Gasteiger partial charge in [0.25, 0.3) is 5.56 Å². The van der Waals surface area contributed by atoms with Crippen molar-refractivity contribution in [1.82, 2.24) is 9.78 Å². The third kappa shape index (κ3) is 2.58.